The van der Waals surface area contributed by atoms with Crippen molar-refractivity contribution in [3.63, 3.8) is 0 Å². The minimum Gasteiger partial charge on any atom is -0.377 e. The zero-order valence-corrected chi connectivity index (χ0v) is 15.9. The van der Waals surface area contributed by atoms with Crippen molar-refractivity contribution < 1.29 is 31.1 Å². The van der Waals surface area contributed by atoms with Gasteiger partial charge in [0, 0.05) is 5.92 Å². The van der Waals surface area contributed by atoms with Crippen LogP contribution < -0.4 is 0 Å². The van der Waals surface area contributed by atoms with Crippen LogP contribution in [-0.2, 0) is 23.5 Å². The first-order valence-corrected chi connectivity index (χ1v) is 9.50. The highest BCUT2D eigenvalue weighted by Gasteiger charge is 2.37. The fraction of sp³-hybridized carbons (Fsp3) is 0.455. The first-order chi connectivity index (χ1) is 13.6. The maximum Gasteiger partial charge on any atom is 0.416 e. The summed E-state index contributed by atoms with van der Waals surface area (Å²) < 4.78 is 83.9. The molecular formula is C22H22F6O. The Labute approximate surface area is 165 Å². The number of benzene rings is 2. The van der Waals surface area contributed by atoms with E-state index in [-0.39, 0.29) is 36.7 Å². The van der Waals surface area contributed by atoms with Crippen LogP contribution in [0, 0.1) is 5.92 Å². The van der Waals surface area contributed by atoms with Gasteiger partial charge in [-0.25, -0.2) is 0 Å². The molecule has 0 aliphatic heterocycles. The van der Waals surface area contributed by atoms with Gasteiger partial charge in [0.25, 0.3) is 0 Å². The molecule has 0 radical (unpaired) electrons. The molecule has 1 nitrogen and oxygen atoms in total. The van der Waals surface area contributed by atoms with Gasteiger partial charge in [0.1, 0.15) is 0 Å². The molecule has 0 saturated heterocycles. The molecule has 3 unspecified atom stereocenters. The summed E-state index contributed by atoms with van der Waals surface area (Å²) in [5, 5.41) is 0. The molecule has 0 bridgehead atoms. The van der Waals surface area contributed by atoms with Crippen molar-refractivity contribution >= 4 is 0 Å². The number of rotatable bonds is 5. The van der Waals surface area contributed by atoms with Crippen molar-refractivity contribution in [2.24, 2.45) is 5.92 Å². The number of alkyl halides is 6. The average molecular weight is 416 g/mol. The predicted octanol–water partition coefficient (Wildman–Crippen LogP) is 6.87. The Morgan fingerprint density at radius 2 is 1.45 bits per heavy atom. The van der Waals surface area contributed by atoms with E-state index in [0.717, 1.165) is 30.5 Å². The topological polar surface area (TPSA) is 9.23 Å². The number of hydrogen-bond donors (Lipinski definition) is 0. The highest BCUT2D eigenvalue weighted by Crippen LogP contribution is 2.41. The van der Waals surface area contributed by atoms with Crippen molar-refractivity contribution in [3.8, 4) is 0 Å². The molecule has 2 aromatic carbocycles. The van der Waals surface area contributed by atoms with Crippen molar-refractivity contribution in [1.29, 1.82) is 0 Å². The summed E-state index contributed by atoms with van der Waals surface area (Å²) in [5.74, 6) is 0.566. The summed E-state index contributed by atoms with van der Waals surface area (Å²) in [5.41, 5.74) is -1.48. The molecule has 1 fully saturated rings. The van der Waals surface area contributed by atoms with E-state index in [0.29, 0.717) is 5.92 Å². The Hall–Kier alpha value is -2.02. The van der Waals surface area contributed by atoms with E-state index in [1.807, 2.05) is 30.3 Å². The van der Waals surface area contributed by atoms with Gasteiger partial charge in [0.15, 0.2) is 0 Å². The summed E-state index contributed by atoms with van der Waals surface area (Å²) in [6.07, 6.45) is -8.00. The van der Waals surface area contributed by atoms with E-state index >= 15 is 0 Å². The van der Waals surface area contributed by atoms with Gasteiger partial charge in [-0.2, -0.15) is 26.3 Å². The lowest BCUT2D eigenvalue weighted by atomic mass is 9.89. The Bertz CT molecular complexity index is 780. The van der Waals surface area contributed by atoms with Crippen molar-refractivity contribution in [3.05, 3.63) is 70.8 Å². The van der Waals surface area contributed by atoms with E-state index < -0.39 is 23.5 Å². The lowest BCUT2D eigenvalue weighted by Gasteiger charge is -2.24. The lowest BCUT2D eigenvalue weighted by molar-refractivity contribution is -0.143. The fourth-order valence-corrected chi connectivity index (χ4v) is 4.05. The maximum absolute atomic E-state index is 13.0. The molecular weight excluding hydrogens is 394 g/mol. The maximum atomic E-state index is 13.0. The Morgan fingerprint density at radius 1 is 0.862 bits per heavy atom. The summed E-state index contributed by atoms with van der Waals surface area (Å²) in [6, 6.07) is 11.5. The lowest BCUT2D eigenvalue weighted by Crippen LogP contribution is -2.21. The van der Waals surface area contributed by atoms with Gasteiger partial charge in [-0.15, -0.1) is 0 Å². The van der Waals surface area contributed by atoms with Crippen LogP contribution in [0.2, 0.25) is 0 Å². The summed E-state index contributed by atoms with van der Waals surface area (Å²) >= 11 is 0. The first-order valence-electron chi connectivity index (χ1n) is 9.50. The highest BCUT2D eigenvalue weighted by atomic mass is 19.4. The van der Waals surface area contributed by atoms with E-state index in [9.17, 15) is 26.3 Å². The molecule has 3 atom stereocenters. The highest BCUT2D eigenvalue weighted by molar-refractivity contribution is 5.33. The van der Waals surface area contributed by atoms with Gasteiger partial charge in [-0.05, 0) is 54.5 Å². The molecule has 0 spiro atoms. The Balaban J connectivity index is 1.71. The number of halogens is 6. The average Bonchev–Trinajstić information content (AvgIpc) is 3.01. The van der Waals surface area contributed by atoms with Crippen LogP contribution in [0.1, 0.15) is 47.9 Å². The van der Waals surface area contributed by atoms with E-state index in [1.54, 1.807) is 0 Å². The minimum absolute atomic E-state index is 0.0145. The third-order valence-corrected chi connectivity index (χ3v) is 5.47. The zero-order valence-electron chi connectivity index (χ0n) is 15.9. The van der Waals surface area contributed by atoms with E-state index in [1.165, 1.54) is 0 Å². The van der Waals surface area contributed by atoms with Crippen LogP contribution in [0.4, 0.5) is 26.3 Å². The minimum atomic E-state index is -4.84. The molecule has 0 amide bonds. The molecule has 0 heterocycles. The van der Waals surface area contributed by atoms with Gasteiger partial charge in [0.05, 0.1) is 23.8 Å². The standard InChI is InChI=1S/C22H22F6O/c1-14-7-8-19(20(14)16-5-3-2-4-6-16)29-10-9-15-11-17(21(23,24)25)13-18(12-15)22(26,27)28/h2-6,11-14,19-20H,7-10H2,1H3. The van der Waals surface area contributed by atoms with Crippen LogP contribution >= 0.6 is 0 Å². The molecule has 1 aliphatic carbocycles. The summed E-state index contributed by atoms with van der Waals surface area (Å²) in [4.78, 5) is 0. The molecule has 3 rings (SSSR count). The van der Waals surface area contributed by atoms with Crippen molar-refractivity contribution in [2.75, 3.05) is 6.61 Å². The normalized spacial score (nSPS) is 22.8. The smallest absolute Gasteiger partial charge is 0.377 e. The molecule has 0 aromatic heterocycles. The fourth-order valence-electron chi connectivity index (χ4n) is 4.05. The number of hydrogen-bond acceptors (Lipinski definition) is 1. The Morgan fingerprint density at radius 3 is 2.00 bits per heavy atom. The van der Waals surface area contributed by atoms with Gasteiger partial charge >= 0.3 is 12.4 Å². The zero-order chi connectivity index (χ0) is 21.2. The summed E-state index contributed by atoms with van der Waals surface area (Å²) in [6.45, 7) is 2.20. The third kappa shape index (κ3) is 5.32. The predicted molar refractivity (Wildman–Crippen MR) is 97.5 cm³/mol. The van der Waals surface area contributed by atoms with Crippen LogP contribution in [0.5, 0.6) is 0 Å². The van der Waals surface area contributed by atoms with Gasteiger partial charge in [-0.3, -0.25) is 0 Å². The van der Waals surface area contributed by atoms with E-state index in [4.69, 9.17) is 4.74 Å². The van der Waals surface area contributed by atoms with Crippen LogP contribution in [0.3, 0.4) is 0 Å². The molecule has 0 N–H and O–H groups in total. The Kier molecular flexibility index (Phi) is 6.27. The first kappa shape index (κ1) is 21.7. The van der Waals surface area contributed by atoms with Crippen LogP contribution in [0.15, 0.2) is 48.5 Å². The second-order valence-corrected chi connectivity index (χ2v) is 7.56. The molecule has 2 aromatic rings. The molecule has 158 valence electrons. The van der Waals surface area contributed by atoms with Gasteiger partial charge < -0.3 is 4.74 Å². The van der Waals surface area contributed by atoms with Crippen LogP contribution in [-0.4, -0.2) is 12.7 Å². The molecule has 29 heavy (non-hydrogen) atoms. The largest absolute Gasteiger partial charge is 0.416 e. The van der Waals surface area contributed by atoms with Crippen molar-refractivity contribution in [2.45, 2.75) is 50.6 Å². The quantitative estimate of drug-likeness (QED) is 0.484. The van der Waals surface area contributed by atoms with Crippen LogP contribution in [0.25, 0.3) is 0 Å². The monoisotopic (exact) mass is 416 g/mol. The molecule has 7 heteroatoms. The molecule has 1 saturated carbocycles. The second kappa shape index (κ2) is 8.38. The SMILES string of the molecule is CC1CCC(OCCc2cc(C(F)(F)F)cc(C(F)(F)F)c2)C1c1ccccc1. The van der Waals surface area contributed by atoms with Crippen molar-refractivity contribution in [1.82, 2.24) is 0 Å². The second-order valence-electron chi connectivity index (χ2n) is 7.56. The third-order valence-electron chi connectivity index (χ3n) is 5.47. The van der Waals surface area contributed by atoms with Gasteiger partial charge in [0.2, 0.25) is 0 Å². The van der Waals surface area contributed by atoms with E-state index in [2.05, 4.69) is 6.92 Å². The van der Waals surface area contributed by atoms with Gasteiger partial charge in [-0.1, -0.05) is 37.3 Å². The number of ether oxygens (including phenoxy) is 1. The summed E-state index contributed by atoms with van der Waals surface area (Å²) in [7, 11) is 0. The molecule has 1 aliphatic rings.